The van der Waals surface area contributed by atoms with Crippen molar-refractivity contribution in [3.05, 3.63) is 83.4 Å². The van der Waals surface area contributed by atoms with E-state index in [2.05, 4.69) is 0 Å². The number of benzene rings is 3. The number of rotatable bonds is 6. The van der Waals surface area contributed by atoms with Gasteiger partial charge in [0.15, 0.2) is 0 Å². The topological polar surface area (TPSA) is 101 Å². The van der Waals surface area contributed by atoms with E-state index in [0.29, 0.717) is 35.2 Å². The Kier molecular flexibility index (Phi) is 6.93. The molecule has 5 nitrogen and oxygen atoms in total. The van der Waals surface area contributed by atoms with Crippen molar-refractivity contribution in [3.63, 3.8) is 0 Å². The number of hydrogen-bond acceptors (Lipinski definition) is 3. The molecule has 3 aromatic rings. The molecule has 0 spiro atoms. The molecule has 0 aliphatic heterocycles. The summed E-state index contributed by atoms with van der Waals surface area (Å²) < 4.78 is 0. The van der Waals surface area contributed by atoms with Crippen LogP contribution in [0.4, 0.5) is 0 Å². The largest absolute Gasteiger partial charge is 0.478 e. The summed E-state index contributed by atoms with van der Waals surface area (Å²) in [4.78, 5) is 23.4. The third-order valence-electron chi connectivity index (χ3n) is 4.41. The first-order valence-electron chi connectivity index (χ1n) is 8.51. The third-order valence-corrected chi connectivity index (χ3v) is 4.41. The van der Waals surface area contributed by atoms with E-state index < -0.39 is 11.9 Å². The van der Waals surface area contributed by atoms with Crippen molar-refractivity contribution in [3.8, 4) is 22.3 Å². The average molecular weight is 398 g/mol. The van der Waals surface area contributed by atoms with Gasteiger partial charge in [0.1, 0.15) is 0 Å². The minimum atomic E-state index is -1.03. The van der Waals surface area contributed by atoms with Gasteiger partial charge in [0.05, 0.1) is 11.1 Å². The number of aromatic carboxylic acids is 2. The molecule has 4 N–H and O–H groups in total. The highest BCUT2D eigenvalue weighted by Gasteiger charge is 2.18. The van der Waals surface area contributed by atoms with Gasteiger partial charge in [-0.1, -0.05) is 54.6 Å². The summed E-state index contributed by atoms with van der Waals surface area (Å²) in [6.45, 7) is 0.463. The van der Waals surface area contributed by atoms with E-state index in [1.807, 2.05) is 18.2 Å². The van der Waals surface area contributed by atoms with Gasteiger partial charge in [-0.15, -0.1) is 12.4 Å². The van der Waals surface area contributed by atoms with Crippen LogP contribution in [-0.4, -0.2) is 28.7 Å². The van der Waals surface area contributed by atoms with E-state index in [9.17, 15) is 19.8 Å². The number of carboxylic acids is 2. The minimum absolute atomic E-state index is 0. The molecule has 0 radical (unpaired) electrons. The first-order valence-corrected chi connectivity index (χ1v) is 8.51. The normalized spacial score (nSPS) is 10.2. The van der Waals surface area contributed by atoms with Gasteiger partial charge in [0, 0.05) is 0 Å². The summed E-state index contributed by atoms with van der Waals surface area (Å²) in [5, 5.41) is 19.1. The fraction of sp³-hybridized carbons (Fsp3) is 0.0909. The minimum Gasteiger partial charge on any atom is -0.478 e. The monoisotopic (exact) mass is 397 g/mol. The number of nitrogens with two attached hydrogens (primary N) is 1. The van der Waals surface area contributed by atoms with Gasteiger partial charge in [-0.2, -0.15) is 0 Å². The van der Waals surface area contributed by atoms with Gasteiger partial charge in [0.25, 0.3) is 0 Å². The second-order valence-corrected chi connectivity index (χ2v) is 6.12. The summed E-state index contributed by atoms with van der Waals surface area (Å²) in [7, 11) is 0. The molecule has 0 amide bonds. The van der Waals surface area contributed by atoms with Gasteiger partial charge in [-0.05, 0) is 52.9 Å². The Labute approximate surface area is 168 Å². The predicted octanol–water partition coefficient (Wildman–Crippen LogP) is 4.34. The molecule has 0 saturated carbocycles. The lowest BCUT2D eigenvalue weighted by molar-refractivity contribution is 0.0686. The van der Waals surface area contributed by atoms with Gasteiger partial charge < -0.3 is 15.9 Å². The van der Waals surface area contributed by atoms with E-state index in [-0.39, 0.29) is 23.5 Å². The van der Waals surface area contributed by atoms with Crippen LogP contribution in [-0.2, 0) is 6.42 Å². The number of carboxylic acid groups (broad SMARTS) is 2. The van der Waals surface area contributed by atoms with E-state index in [1.165, 1.54) is 0 Å². The SMILES string of the molecule is Cl.NCCc1ccc(-c2ccccc2C(=O)O)c(-c2ccccc2C(=O)O)c1. The standard InChI is InChI=1S/C22H19NO4.ClH/c23-12-11-14-9-10-17(15-5-1-3-7-18(15)21(24)25)20(13-14)16-6-2-4-8-19(16)22(26)27;/h1-10,13H,11-12,23H2,(H,24,25)(H,26,27);1H. The Morgan fingerprint density at radius 2 is 1.21 bits per heavy atom. The van der Waals surface area contributed by atoms with E-state index in [1.54, 1.807) is 48.5 Å². The van der Waals surface area contributed by atoms with E-state index in [0.717, 1.165) is 5.56 Å². The molecule has 0 atom stereocenters. The molecule has 3 rings (SSSR count). The first-order chi connectivity index (χ1) is 13.0. The Morgan fingerprint density at radius 3 is 1.71 bits per heavy atom. The molecule has 0 aliphatic carbocycles. The van der Waals surface area contributed by atoms with E-state index in [4.69, 9.17) is 5.73 Å². The van der Waals surface area contributed by atoms with Crippen LogP contribution >= 0.6 is 12.4 Å². The highest BCUT2D eigenvalue weighted by atomic mass is 35.5. The molecule has 0 heterocycles. The van der Waals surface area contributed by atoms with E-state index >= 15 is 0 Å². The zero-order chi connectivity index (χ0) is 19.4. The van der Waals surface area contributed by atoms with Crippen molar-refractivity contribution in [1.29, 1.82) is 0 Å². The third kappa shape index (κ3) is 4.22. The van der Waals surface area contributed by atoms with Crippen LogP contribution in [0, 0.1) is 0 Å². The summed E-state index contributed by atoms with van der Waals surface area (Å²) >= 11 is 0. The average Bonchev–Trinajstić information content (AvgIpc) is 2.68. The van der Waals surface area contributed by atoms with Gasteiger partial charge >= 0.3 is 11.9 Å². The smallest absolute Gasteiger partial charge is 0.336 e. The maximum atomic E-state index is 11.7. The molecule has 3 aromatic carbocycles. The van der Waals surface area contributed by atoms with Crippen molar-refractivity contribution in [1.82, 2.24) is 0 Å². The molecule has 0 saturated heterocycles. The maximum Gasteiger partial charge on any atom is 0.336 e. The summed E-state index contributed by atoms with van der Waals surface area (Å²) in [5.41, 5.74) is 9.38. The maximum absolute atomic E-state index is 11.7. The molecular weight excluding hydrogens is 378 g/mol. The molecular formula is C22H20ClNO4. The zero-order valence-corrected chi connectivity index (χ0v) is 15.8. The fourth-order valence-electron chi connectivity index (χ4n) is 3.18. The lowest BCUT2D eigenvalue weighted by Gasteiger charge is -2.16. The number of hydrogen-bond donors (Lipinski definition) is 3. The second-order valence-electron chi connectivity index (χ2n) is 6.12. The quantitative estimate of drug-likeness (QED) is 0.574. The van der Waals surface area contributed by atoms with Crippen LogP contribution in [0.15, 0.2) is 66.7 Å². The Morgan fingerprint density at radius 1 is 0.714 bits per heavy atom. The fourth-order valence-corrected chi connectivity index (χ4v) is 3.18. The molecule has 6 heteroatoms. The molecule has 0 unspecified atom stereocenters. The summed E-state index contributed by atoms with van der Waals surface area (Å²) in [6.07, 6.45) is 0.642. The van der Waals surface area contributed by atoms with Crippen LogP contribution < -0.4 is 5.73 Å². The van der Waals surface area contributed by atoms with Crippen LogP contribution in [0.3, 0.4) is 0 Å². The number of halogens is 1. The Balaban J connectivity index is 0.00000280. The van der Waals surface area contributed by atoms with Gasteiger partial charge in [-0.25, -0.2) is 9.59 Å². The zero-order valence-electron chi connectivity index (χ0n) is 15.0. The molecule has 0 aliphatic rings. The predicted molar refractivity (Wildman–Crippen MR) is 111 cm³/mol. The number of carbonyl (C=O) groups is 2. The first kappa shape index (κ1) is 21.2. The van der Waals surface area contributed by atoms with Crippen LogP contribution in [0.2, 0.25) is 0 Å². The van der Waals surface area contributed by atoms with Crippen LogP contribution in [0.5, 0.6) is 0 Å². The Bertz CT molecular complexity index is 1020. The van der Waals surface area contributed by atoms with Crippen LogP contribution in [0.1, 0.15) is 26.3 Å². The van der Waals surface area contributed by atoms with Gasteiger partial charge in [0.2, 0.25) is 0 Å². The van der Waals surface area contributed by atoms with Crippen molar-refractivity contribution >= 4 is 24.3 Å². The Hall–Kier alpha value is -3.15. The summed E-state index contributed by atoms with van der Waals surface area (Å²) in [6, 6.07) is 19.0. The molecule has 28 heavy (non-hydrogen) atoms. The van der Waals surface area contributed by atoms with Crippen molar-refractivity contribution in [2.24, 2.45) is 5.73 Å². The molecule has 0 bridgehead atoms. The molecule has 0 aromatic heterocycles. The van der Waals surface area contributed by atoms with Gasteiger partial charge in [-0.3, -0.25) is 0 Å². The highest BCUT2D eigenvalue weighted by Crippen LogP contribution is 2.36. The van der Waals surface area contributed by atoms with Crippen molar-refractivity contribution in [2.45, 2.75) is 6.42 Å². The van der Waals surface area contributed by atoms with Crippen molar-refractivity contribution in [2.75, 3.05) is 6.54 Å². The van der Waals surface area contributed by atoms with Crippen LogP contribution in [0.25, 0.3) is 22.3 Å². The second kappa shape index (κ2) is 9.17. The highest BCUT2D eigenvalue weighted by molar-refractivity contribution is 6.02. The molecule has 144 valence electrons. The summed E-state index contributed by atoms with van der Waals surface area (Å²) in [5.74, 6) is -2.07. The lowest BCUT2D eigenvalue weighted by Crippen LogP contribution is -2.05. The lowest BCUT2D eigenvalue weighted by atomic mass is 9.88. The molecule has 0 fully saturated rings. The van der Waals surface area contributed by atoms with Crippen molar-refractivity contribution < 1.29 is 19.8 Å².